The minimum absolute atomic E-state index is 0.519. The molecule has 0 aliphatic carbocycles. The van der Waals surface area contributed by atoms with Crippen LogP contribution in [0.1, 0.15) is 27.6 Å². The van der Waals surface area contributed by atoms with Gasteiger partial charge in [-0.1, -0.05) is 23.7 Å². The Labute approximate surface area is 121 Å². The molecule has 1 atom stereocenters. The highest BCUT2D eigenvalue weighted by Crippen LogP contribution is 2.34. The summed E-state index contributed by atoms with van der Waals surface area (Å²) in [6.45, 7) is 3.76. The number of rotatable bonds is 2. The fourth-order valence-corrected chi connectivity index (χ4v) is 2.51. The molecule has 2 rings (SSSR count). The Kier molecular flexibility index (Phi) is 4.12. The molecule has 0 saturated carbocycles. The summed E-state index contributed by atoms with van der Waals surface area (Å²) >= 11 is 12.4. The van der Waals surface area contributed by atoms with Crippen LogP contribution in [0.25, 0.3) is 0 Å². The number of aryl methyl sites for hydroxylation is 2. The van der Waals surface area contributed by atoms with Gasteiger partial charge in [0.15, 0.2) is 11.6 Å². The normalized spacial score (nSPS) is 12.5. The Bertz CT molecular complexity index is 624. The first-order chi connectivity index (χ1) is 8.90. The van der Waals surface area contributed by atoms with Gasteiger partial charge in [-0.25, -0.2) is 8.78 Å². The Morgan fingerprint density at radius 2 is 1.63 bits per heavy atom. The largest absolute Gasteiger partial charge is 0.204 e. The van der Waals surface area contributed by atoms with E-state index in [9.17, 15) is 8.78 Å². The molecule has 0 fully saturated rings. The Balaban J connectivity index is 2.46. The van der Waals surface area contributed by atoms with Crippen LogP contribution >= 0.6 is 23.2 Å². The smallest absolute Gasteiger partial charge is 0.159 e. The van der Waals surface area contributed by atoms with Gasteiger partial charge in [0.05, 0.1) is 5.38 Å². The zero-order valence-electron chi connectivity index (χ0n) is 10.5. The SMILES string of the molecule is Cc1cc(C(Cl)c2ccc(F)c(F)c2)c(C)cc1Cl. The lowest BCUT2D eigenvalue weighted by Crippen LogP contribution is -1.99. The summed E-state index contributed by atoms with van der Waals surface area (Å²) in [5.74, 6) is -1.77. The van der Waals surface area contributed by atoms with Crippen LogP contribution in [0.2, 0.25) is 5.02 Å². The molecule has 0 nitrogen and oxygen atoms in total. The molecule has 4 heteroatoms. The second kappa shape index (κ2) is 5.48. The monoisotopic (exact) mass is 300 g/mol. The molecule has 0 saturated heterocycles. The van der Waals surface area contributed by atoms with Crippen LogP contribution in [0.4, 0.5) is 8.78 Å². The highest BCUT2D eigenvalue weighted by Gasteiger charge is 2.16. The third kappa shape index (κ3) is 2.90. The van der Waals surface area contributed by atoms with Crippen LogP contribution < -0.4 is 0 Å². The third-order valence-electron chi connectivity index (χ3n) is 3.06. The van der Waals surface area contributed by atoms with Crippen LogP contribution in [0, 0.1) is 25.5 Å². The summed E-state index contributed by atoms with van der Waals surface area (Å²) in [4.78, 5) is 0. The Morgan fingerprint density at radius 3 is 2.26 bits per heavy atom. The zero-order valence-corrected chi connectivity index (χ0v) is 12.0. The molecular formula is C15H12Cl2F2. The number of hydrogen-bond donors (Lipinski definition) is 0. The molecule has 0 bridgehead atoms. The van der Waals surface area contributed by atoms with Crippen molar-refractivity contribution in [3.63, 3.8) is 0 Å². The first kappa shape index (κ1) is 14.3. The van der Waals surface area contributed by atoms with E-state index in [2.05, 4.69) is 0 Å². The summed E-state index contributed by atoms with van der Waals surface area (Å²) < 4.78 is 26.2. The van der Waals surface area contributed by atoms with Gasteiger partial charge in [-0.15, -0.1) is 11.6 Å². The van der Waals surface area contributed by atoms with Gasteiger partial charge in [0, 0.05) is 5.02 Å². The maximum absolute atomic E-state index is 13.2. The predicted octanol–water partition coefficient (Wildman–Crippen LogP) is 5.56. The molecule has 0 amide bonds. The molecular weight excluding hydrogens is 289 g/mol. The molecule has 0 aromatic heterocycles. The van der Waals surface area contributed by atoms with E-state index in [1.165, 1.54) is 6.07 Å². The van der Waals surface area contributed by atoms with Gasteiger partial charge < -0.3 is 0 Å². The highest BCUT2D eigenvalue weighted by molar-refractivity contribution is 6.31. The van der Waals surface area contributed by atoms with Crippen molar-refractivity contribution < 1.29 is 8.78 Å². The van der Waals surface area contributed by atoms with Gasteiger partial charge in [-0.05, 0) is 54.3 Å². The number of hydrogen-bond acceptors (Lipinski definition) is 0. The highest BCUT2D eigenvalue weighted by atomic mass is 35.5. The van der Waals surface area contributed by atoms with Crippen molar-refractivity contribution >= 4 is 23.2 Å². The maximum Gasteiger partial charge on any atom is 0.159 e. The minimum Gasteiger partial charge on any atom is -0.204 e. The maximum atomic E-state index is 13.2. The van der Waals surface area contributed by atoms with E-state index in [4.69, 9.17) is 23.2 Å². The van der Waals surface area contributed by atoms with Crippen molar-refractivity contribution in [2.45, 2.75) is 19.2 Å². The number of alkyl halides is 1. The van der Waals surface area contributed by atoms with Crippen molar-refractivity contribution in [2.24, 2.45) is 0 Å². The first-order valence-corrected chi connectivity index (χ1v) is 6.57. The van der Waals surface area contributed by atoms with E-state index < -0.39 is 17.0 Å². The van der Waals surface area contributed by atoms with Gasteiger partial charge in [-0.3, -0.25) is 0 Å². The summed E-state index contributed by atoms with van der Waals surface area (Å²) in [6.07, 6.45) is 0. The lowest BCUT2D eigenvalue weighted by atomic mass is 9.98. The molecule has 0 N–H and O–H groups in total. The molecule has 0 heterocycles. The van der Waals surface area contributed by atoms with Crippen molar-refractivity contribution in [3.8, 4) is 0 Å². The fourth-order valence-electron chi connectivity index (χ4n) is 1.93. The summed E-state index contributed by atoms with van der Waals surface area (Å²) in [5.41, 5.74) is 3.18. The number of benzene rings is 2. The lowest BCUT2D eigenvalue weighted by molar-refractivity contribution is 0.507. The van der Waals surface area contributed by atoms with Gasteiger partial charge in [0.1, 0.15) is 0 Å². The molecule has 100 valence electrons. The molecule has 0 aliphatic heterocycles. The summed E-state index contributed by atoms with van der Waals surface area (Å²) in [6, 6.07) is 7.38. The Morgan fingerprint density at radius 1 is 0.947 bits per heavy atom. The van der Waals surface area contributed by atoms with E-state index in [-0.39, 0.29) is 0 Å². The van der Waals surface area contributed by atoms with Crippen molar-refractivity contribution in [3.05, 3.63) is 69.2 Å². The molecule has 1 unspecified atom stereocenters. The minimum atomic E-state index is -0.897. The van der Waals surface area contributed by atoms with Gasteiger partial charge >= 0.3 is 0 Å². The fraction of sp³-hybridized carbons (Fsp3) is 0.200. The quantitative estimate of drug-likeness (QED) is 0.637. The van der Waals surface area contributed by atoms with E-state index in [1.807, 2.05) is 26.0 Å². The van der Waals surface area contributed by atoms with Gasteiger partial charge in [-0.2, -0.15) is 0 Å². The molecule has 19 heavy (non-hydrogen) atoms. The summed E-state index contributed by atoms with van der Waals surface area (Å²) in [7, 11) is 0. The molecule has 0 radical (unpaired) electrons. The third-order valence-corrected chi connectivity index (χ3v) is 3.95. The molecule has 0 aliphatic rings. The van der Waals surface area contributed by atoms with Crippen LogP contribution in [0.15, 0.2) is 30.3 Å². The van der Waals surface area contributed by atoms with Gasteiger partial charge in [0.25, 0.3) is 0 Å². The topological polar surface area (TPSA) is 0 Å². The first-order valence-electron chi connectivity index (χ1n) is 5.76. The van der Waals surface area contributed by atoms with Crippen molar-refractivity contribution in [1.29, 1.82) is 0 Å². The predicted molar refractivity (Wildman–Crippen MR) is 75.0 cm³/mol. The molecule has 2 aromatic carbocycles. The van der Waals surface area contributed by atoms with Crippen molar-refractivity contribution in [1.82, 2.24) is 0 Å². The van der Waals surface area contributed by atoms with E-state index >= 15 is 0 Å². The van der Waals surface area contributed by atoms with Crippen LogP contribution in [-0.4, -0.2) is 0 Å². The molecule has 0 spiro atoms. The van der Waals surface area contributed by atoms with E-state index in [0.717, 1.165) is 28.8 Å². The number of halogens is 4. The van der Waals surface area contributed by atoms with Crippen LogP contribution in [-0.2, 0) is 0 Å². The summed E-state index contributed by atoms with van der Waals surface area (Å²) in [5, 5.41) is 0.126. The van der Waals surface area contributed by atoms with E-state index in [0.29, 0.717) is 10.6 Å². The van der Waals surface area contributed by atoms with Crippen molar-refractivity contribution in [2.75, 3.05) is 0 Å². The average Bonchev–Trinajstić information content (AvgIpc) is 2.36. The zero-order chi connectivity index (χ0) is 14.2. The Hall–Kier alpha value is -1.12. The lowest BCUT2D eigenvalue weighted by Gasteiger charge is -2.15. The second-order valence-electron chi connectivity index (χ2n) is 4.49. The van der Waals surface area contributed by atoms with Gasteiger partial charge in [0.2, 0.25) is 0 Å². The second-order valence-corrected chi connectivity index (χ2v) is 5.34. The average molecular weight is 301 g/mol. The van der Waals surface area contributed by atoms with E-state index in [1.54, 1.807) is 0 Å². The van der Waals surface area contributed by atoms with Crippen LogP contribution in [0.5, 0.6) is 0 Å². The van der Waals surface area contributed by atoms with Crippen LogP contribution in [0.3, 0.4) is 0 Å². The standard InChI is InChI=1S/C15H12Cl2F2/c1-8-6-12(16)9(2)5-11(8)15(17)10-3-4-13(18)14(19)7-10/h3-7,15H,1-2H3. The molecule has 2 aromatic rings.